The highest BCUT2D eigenvalue weighted by Crippen LogP contribution is 2.34. The van der Waals surface area contributed by atoms with Gasteiger partial charge in [-0.3, -0.25) is 14.6 Å². The van der Waals surface area contributed by atoms with Crippen LogP contribution in [0, 0.1) is 5.92 Å². The van der Waals surface area contributed by atoms with Gasteiger partial charge in [-0.05, 0) is 54.8 Å². The molecule has 0 aliphatic carbocycles. The molecule has 1 aliphatic rings. The molecule has 4 aromatic rings. The number of carbonyl (C=O) groups excluding carboxylic acids is 1. The van der Waals surface area contributed by atoms with Gasteiger partial charge in [0.15, 0.2) is 5.78 Å². The van der Waals surface area contributed by atoms with Crippen molar-refractivity contribution in [1.29, 1.82) is 0 Å². The van der Waals surface area contributed by atoms with Crippen LogP contribution in [0.4, 0.5) is 0 Å². The number of methoxy groups -OCH3 is 1. The van der Waals surface area contributed by atoms with E-state index in [-0.39, 0.29) is 24.9 Å². The minimum absolute atomic E-state index is 0.0939. The summed E-state index contributed by atoms with van der Waals surface area (Å²) in [6.07, 6.45) is 1.66. The van der Waals surface area contributed by atoms with Crippen molar-refractivity contribution < 1.29 is 19.4 Å². The summed E-state index contributed by atoms with van der Waals surface area (Å²) < 4.78 is 12.8. The van der Waals surface area contributed by atoms with Crippen LogP contribution < -0.4 is 9.47 Å². The molecule has 2 aromatic heterocycles. The number of aliphatic hydroxyl groups excluding tert-OH is 1. The van der Waals surface area contributed by atoms with E-state index in [9.17, 15) is 9.90 Å². The first-order chi connectivity index (χ1) is 15.9. The lowest BCUT2D eigenvalue weighted by molar-refractivity contribution is 0.0849. The van der Waals surface area contributed by atoms with Gasteiger partial charge in [-0.25, -0.2) is 0 Å². The molecular formula is C24H23ClN4O4. The summed E-state index contributed by atoms with van der Waals surface area (Å²) in [6, 6.07) is 11.2. The second kappa shape index (κ2) is 8.53. The van der Waals surface area contributed by atoms with Gasteiger partial charge in [-0.1, -0.05) is 17.7 Å². The van der Waals surface area contributed by atoms with Gasteiger partial charge in [-0.2, -0.15) is 5.10 Å². The number of hydrogen-bond acceptors (Lipinski definition) is 6. The number of ketones is 1. The van der Waals surface area contributed by atoms with Crippen LogP contribution in [0.5, 0.6) is 11.6 Å². The highest BCUT2D eigenvalue weighted by molar-refractivity contribution is 6.30. The van der Waals surface area contributed by atoms with Crippen LogP contribution in [-0.2, 0) is 13.0 Å². The number of Topliss-reactive ketones (excluding diaryl/α,β-unsaturated/α-hetero) is 1. The molecule has 33 heavy (non-hydrogen) atoms. The van der Waals surface area contributed by atoms with Crippen molar-refractivity contribution in [3.8, 4) is 22.8 Å². The minimum atomic E-state index is -0.629. The molecule has 2 aromatic carbocycles. The molecule has 1 unspecified atom stereocenters. The van der Waals surface area contributed by atoms with Crippen molar-refractivity contribution >= 4 is 28.3 Å². The average molecular weight is 467 g/mol. The maximum absolute atomic E-state index is 13.5. The van der Waals surface area contributed by atoms with Crippen LogP contribution in [0.3, 0.4) is 0 Å². The van der Waals surface area contributed by atoms with E-state index < -0.39 is 6.10 Å². The summed E-state index contributed by atoms with van der Waals surface area (Å²) in [5, 5.41) is 22.9. The molecule has 5 rings (SSSR count). The topological polar surface area (TPSA) is 102 Å². The number of carbonyl (C=O) groups is 1. The number of nitrogens with zero attached hydrogens (tertiary/aromatic N) is 3. The Labute approximate surface area is 195 Å². The highest BCUT2D eigenvalue weighted by atomic mass is 35.5. The molecule has 3 heterocycles. The van der Waals surface area contributed by atoms with Gasteiger partial charge in [0, 0.05) is 16.6 Å². The number of ether oxygens (including phenoxy) is 2. The third-order valence-corrected chi connectivity index (χ3v) is 6.07. The van der Waals surface area contributed by atoms with Crippen LogP contribution in [0.2, 0.25) is 5.02 Å². The number of nitrogens with one attached hydrogen (secondary N) is 1. The summed E-state index contributed by atoms with van der Waals surface area (Å²) >= 11 is 6.13. The van der Waals surface area contributed by atoms with Gasteiger partial charge in [0.1, 0.15) is 11.4 Å². The lowest BCUT2D eigenvalue weighted by atomic mass is 9.91. The van der Waals surface area contributed by atoms with Crippen LogP contribution in [0.25, 0.3) is 22.0 Å². The van der Waals surface area contributed by atoms with E-state index in [0.717, 1.165) is 33.3 Å². The Kier molecular flexibility index (Phi) is 5.55. The van der Waals surface area contributed by atoms with Crippen molar-refractivity contribution in [2.24, 2.45) is 5.92 Å². The zero-order valence-corrected chi connectivity index (χ0v) is 19.0. The van der Waals surface area contributed by atoms with Crippen molar-refractivity contribution in [3.05, 3.63) is 58.9 Å². The van der Waals surface area contributed by atoms with E-state index in [0.29, 0.717) is 23.0 Å². The molecule has 0 spiro atoms. The van der Waals surface area contributed by atoms with E-state index in [1.165, 1.54) is 0 Å². The molecule has 8 nitrogen and oxygen atoms in total. The van der Waals surface area contributed by atoms with E-state index in [1.54, 1.807) is 31.0 Å². The van der Waals surface area contributed by atoms with Crippen molar-refractivity contribution in [3.63, 3.8) is 0 Å². The van der Waals surface area contributed by atoms with Crippen LogP contribution in [0.15, 0.2) is 42.6 Å². The summed E-state index contributed by atoms with van der Waals surface area (Å²) in [6.45, 7) is 2.23. The third kappa shape index (κ3) is 3.96. The van der Waals surface area contributed by atoms with Crippen molar-refractivity contribution in [2.75, 3.05) is 13.7 Å². The van der Waals surface area contributed by atoms with E-state index >= 15 is 0 Å². The summed E-state index contributed by atoms with van der Waals surface area (Å²) in [5.74, 6) is 0.766. The van der Waals surface area contributed by atoms with Gasteiger partial charge >= 0.3 is 0 Å². The number of hydrogen-bond donors (Lipinski definition) is 2. The summed E-state index contributed by atoms with van der Waals surface area (Å²) in [5.41, 5.74) is 3.69. The van der Waals surface area contributed by atoms with Gasteiger partial charge in [0.2, 0.25) is 5.88 Å². The molecule has 0 saturated carbocycles. The molecule has 170 valence electrons. The number of aromatic nitrogens is 4. The Morgan fingerprint density at radius 3 is 3.00 bits per heavy atom. The fraction of sp³-hybridized carbons (Fsp3) is 0.292. The Morgan fingerprint density at radius 2 is 2.21 bits per heavy atom. The predicted octanol–water partition coefficient (Wildman–Crippen LogP) is 3.90. The Balaban J connectivity index is 1.54. The fourth-order valence-electron chi connectivity index (χ4n) is 4.28. The van der Waals surface area contributed by atoms with Gasteiger partial charge in [-0.15, -0.1) is 5.10 Å². The zero-order chi connectivity index (χ0) is 23.1. The third-order valence-electron chi connectivity index (χ3n) is 5.83. The molecular weight excluding hydrogens is 444 g/mol. The molecule has 0 amide bonds. The van der Waals surface area contributed by atoms with E-state index in [4.69, 9.17) is 21.1 Å². The Morgan fingerprint density at radius 1 is 1.36 bits per heavy atom. The smallest absolute Gasteiger partial charge is 0.240 e. The molecule has 0 saturated heterocycles. The Hall–Kier alpha value is -3.36. The molecule has 0 bridgehead atoms. The van der Waals surface area contributed by atoms with E-state index in [2.05, 4.69) is 15.3 Å². The Bertz CT molecular complexity index is 1340. The van der Waals surface area contributed by atoms with Crippen LogP contribution in [0.1, 0.15) is 23.0 Å². The van der Waals surface area contributed by atoms with Crippen LogP contribution >= 0.6 is 11.6 Å². The number of rotatable bonds is 6. The first-order valence-electron chi connectivity index (χ1n) is 10.7. The molecule has 9 heteroatoms. The zero-order valence-electron chi connectivity index (χ0n) is 18.2. The number of benzene rings is 2. The predicted molar refractivity (Wildman–Crippen MR) is 124 cm³/mol. The van der Waals surface area contributed by atoms with Gasteiger partial charge < -0.3 is 14.6 Å². The lowest BCUT2D eigenvalue weighted by Crippen LogP contribution is -2.29. The second-order valence-corrected chi connectivity index (χ2v) is 8.68. The monoisotopic (exact) mass is 466 g/mol. The largest absolute Gasteiger partial charge is 0.493 e. The quantitative estimate of drug-likeness (QED) is 0.418. The number of halogens is 1. The fourth-order valence-corrected chi connectivity index (χ4v) is 4.47. The number of H-pyrrole nitrogens is 1. The molecule has 2 atom stereocenters. The number of aliphatic hydroxyl groups is 1. The minimum Gasteiger partial charge on any atom is -0.493 e. The normalized spacial score (nSPS) is 16.3. The first kappa shape index (κ1) is 21.5. The molecule has 2 N–H and O–H groups in total. The van der Waals surface area contributed by atoms with Crippen molar-refractivity contribution in [2.45, 2.75) is 26.0 Å². The average Bonchev–Trinajstić information content (AvgIpc) is 3.42. The first-order valence-corrected chi connectivity index (χ1v) is 11.0. The molecule has 1 aliphatic heterocycles. The lowest BCUT2D eigenvalue weighted by Gasteiger charge is -2.24. The molecule has 0 fully saturated rings. The highest BCUT2D eigenvalue weighted by Gasteiger charge is 2.30. The number of fused-ring (bicyclic) bond motifs is 2. The van der Waals surface area contributed by atoms with Gasteiger partial charge in [0.25, 0.3) is 0 Å². The summed E-state index contributed by atoms with van der Waals surface area (Å²) in [4.78, 5) is 13.5. The number of aromatic amines is 1. The van der Waals surface area contributed by atoms with E-state index in [1.807, 2.05) is 30.3 Å². The molecule has 0 radical (unpaired) electrons. The maximum atomic E-state index is 13.5. The van der Waals surface area contributed by atoms with Crippen LogP contribution in [-0.4, -0.2) is 50.7 Å². The summed E-state index contributed by atoms with van der Waals surface area (Å²) in [7, 11) is 1.56. The maximum Gasteiger partial charge on any atom is 0.240 e. The second-order valence-electron chi connectivity index (χ2n) is 8.25. The van der Waals surface area contributed by atoms with Gasteiger partial charge in [0.05, 0.1) is 43.4 Å². The van der Waals surface area contributed by atoms with Crippen molar-refractivity contribution in [1.82, 2.24) is 20.0 Å². The SMILES string of the molecule is COc1n[nH]cc1-c1ccc2c(C(=O)C3COc4ccc(Cl)cc4C3)nn(C[C@@H](C)O)c2c1. The standard InChI is InChI=1S/C24H23ClN4O4/c1-13(30)11-29-20-9-14(19-10-26-27-24(19)32-2)3-5-18(20)22(28-29)23(31)16-7-15-8-17(25)4-6-21(15)33-12-16/h3-6,8-10,13,16,30H,7,11-12H2,1-2H3,(H,26,27)/t13-,16?/m1/s1.